The van der Waals surface area contributed by atoms with Crippen LogP contribution in [0.4, 0.5) is 8.78 Å². The summed E-state index contributed by atoms with van der Waals surface area (Å²) < 4.78 is 36.2. The van der Waals surface area contributed by atoms with Crippen molar-refractivity contribution in [2.75, 3.05) is 6.61 Å². The summed E-state index contributed by atoms with van der Waals surface area (Å²) in [5, 5.41) is 15.7. The van der Waals surface area contributed by atoms with E-state index in [1.165, 1.54) is 0 Å². The molecule has 0 amide bonds. The molecule has 4 nitrogen and oxygen atoms in total. The van der Waals surface area contributed by atoms with Gasteiger partial charge in [0.2, 0.25) is 0 Å². The predicted molar refractivity (Wildman–Crippen MR) is 96.7 cm³/mol. The third-order valence-electron chi connectivity index (χ3n) is 4.68. The fraction of sp³-hybridized carbons (Fsp3) is 0.316. The van der Waals surface area contributed by atoms with Crippen molar-refractivity contribution in [2.45, 2.75) is 31.6 Å². The Hall–Kier alpha value is -1.83. The molecular formula is C19H17BrF2N2O2. The van der Waals surface area contributed by atoms with E-state index < -0.39 is 17.7 Å². The zero-order valence-electron chi connectivity index (χ0n) is 13.8. The molecule has 1 aromatic heterocycles. The molecule has 1 saturated heterocycles. The molecule has 1 aliphatic heterocycles. The molecule has 3 aromatic rings. The van der Waals surface area contributed by atoms with Gasteiger partial charge in [-0.05, 0) is 49.1 Å². The van der Waals surface area contributed by atoms with Crippen LogP contribution < -0.4 is 0 Å². The zero-order chi connectivity index (χ0) is 18.3. The molecule has 2 heterocycles. The lowest BCUT2D eigenvalue weighted by molar-refractivity contribution is -0.0366. The van der Waals surface area contributed by atoms with Crippen LogP contribution in [0.3, 0.4) is 0 Å². The summed E-state index contributed by atoms with van der Waals surface area (Å²) >= 11 is 3.04. The number of aliphatic hydroxyl groups excluding tert-OH is 1. The highest BCUT2D eigenvalue weighted by Crippen LogP contribution is 2.32. The first-order chi connectivity index (χ1) is 12.5. The second-order valence-corrected chi connectivity index (χ2v) is 7.33. The first-order valence-electron chi connectivity index (χ1n) is 8.46. The molecule has 136 valence electrons. The van der Waals surface area contributed by atoms with Gasteiger partial charge in [0.15, 0.2) is 6.23 Å². The number of benzene rings is 2. The van der Waals surface area contributed by atoms with E-state index >= 15 is 0 Å². The van der Waals surface area contributed by atoms with Crippen molar-refractivity contribution in [3.8, 4) is 0 Å². The highest BCUT2D eigenvalue weighted by Gasteiger charge is 2.22. The largest absolute Gasteiger partial charge is 0.383 e. The molecule has 0 spiro atoms. The normalized spacial score (nSPS) is 19.0. The Morgan fingerprint density at radius 2 is 1.96 bits per heavy atom. The summed E-state index contributed by atoms with van der Waals surface area (Å²) in [5.41, 5.74) is 0.905. The summed E-state index contributed by atoms with van der Waals surface area (Å²) in [6.45, 7) is 0.713. The topological polar surface area (TPSA) is 47.3 Å². The van der Waals surface area contributed by atoms with Crippen LogP contribution in [-0.4, -0.2) is 21.5 Å². The number of nitrogens with zero attached hydrogens (tertiary/aromatic N) is 2. The molecule has 0 aliphatic carbocycles. The van der Waals surface area contributed by atoms with Crippen LogP contribution in [-0.2, 0) is 4.74 Å². The molecule has 7 heteroatoms. The lowest BCUT2D eigenvalue weighted by Crippen LogP contribution is -2.18. The number of hydrogen-bond acceptors (Lipinski definition) is 3. The second kappa shape index (κ2) is 7.06. The first kappa shape index (κ1) is 17.6. The monoisotopic (exact) mass is 422 g/mol. The number of aliphatic hydroxyl groups is 1. The van der Waals surface area contributed by atoms with Gasteiger partial charge in [0.25, 0.3) is 0 Å². The Morgan fingerprint density at radius 1 is 1.19 bits per heavy atom. The smallest absolute Gasteiger partial charge is 0.150 e. The van der Waals surface area contributed by atoms with E-state index in [2.05, 4.69) is 21.0 Å². The second-order valence-electron chi connectivity index (χ2n) is 6.41. The Balaban J connectivity index is 1.70. The van der Waals surface area contributed by atoms with Crippen molar-refractivity contribution in [2.24, 2.45) is 0 Å². The maximum Gasteiger partial charge on any atom is 0.150 e. The maximum absolute atomic E-state index is 14.1. The van der Waals surface area contributed by atoms with Crippen LogP contribution in [0.1, 0.15) is 42.7 Å². The average Bonchev–Trinajstić information content (AvgIpc) is 3.04. The molecule has 1 aliphatic rings. The minimum absolute atomic E-state index is 0.0987. The van der Waals surface area contributed by atoms with Crippen molar-refractivity contribution in [3.63, 3.8) is 0 Å². The summed E-state index contributed by atoms with van der Waals surface area (Å²) in [6.07, 6.45) is 3.22. The predicted octanol–water partition coefficient (Wildman–Crippen LogP) is 4.86. The van der Waals surface area contributed by atoms with E-state index in [0.29, 0.717) is 12.2 Å². The van der Waals surface area contributed by atoms with Gasteiger partial charge >= 0.3 is 0 Å². The Morgan fingerprint density at radius 3 is 2.65 bits per heavy atom. The van der Waals surface area contributed by atoms with Gasteiger partial charge in [0, 0.05) is 16.5 Å². The number of ether oxygens (including phenoxy) is 1. The molecule has 1 N–H and O–H groups in total. The summed E-state index contributed by atoms with van der Waals surface area (Å²) in [4.78, 5) is 0. The van der Waals surface area contributed by atoms with Crippen LogP contribution >= 0.6 is 15.9 Å². The number of fused-ring (bicyclic) bond motifs is 1. The summed E-state index contributed by atoms with van der Waals surface area (Å²) in [5.74, 6) is -1.59. The highest BCUT2D eigenvalue weighted by atomic mass is 79.9. The molecule has 0 radical (unpaired) electrons. The minimum Gasteiger partial charge on any atom is -0.383 e. The average molecular weight is 423 g/mol. The van der Waals surface area contributed by atoms with Crippen molar-refractivity contribution >= 4 is 26.8 Å². The SMILES string of the molecule is OC(c1ccc2c(cnn2C2CCCCO2)c1)c1c(F)cc(Br)cc1F. The standard InChI is InChI=1S/C19H17BrF2N2O2/c20-13-8-14(21)18(15(22)9-13)19(25)11-4-5-16-12(7-11)10-23-24(16)17-3-1-2-6-26-17/h4-5,7-10,17,19,25H,1-3,6H2. The van der Waals surface area contributed by atoms with E-state index in [9.17, 15) is 13.9 Å². The number of hydrogen-bond donors (Lipinski definition) is 1. The fourth-order valence-corrected chi connectivity index (χ4v) is 3.77. The number of rotatable bonds is 3. The summed E-state index contributed by atoms with van der Waals surface area (Å²) in [6, 6.07) is 7.44. The fourth-order valence-electron chi connectivity index (χ4n) is 3.37. The van der Waals surface area contributed by atoms with Gasteiger partial charge in [-0.1, -0.05) is 22.0 Å². The minimum atomic E-state index is -1.40. The molecular weight excluding hydrogens is 406 g/mol. The van der Waals surface area contributed by atoms with Gasteiger partial charge in [0.05, 0.1) is 17.3 Å². The molecule has 0 bridgehead atoms. The van der Waals surface area contributed by atoms with Gasteiger partial charge in [-0.25, -0.2) is 13.5 Å². The van der Waals surface area contributed by atoms with Crippen LogP contribution in [0.25, 0.3) is 10.9 Å². The molecule has 26 heavy (non-hydrogen) atoms. The van der Waals surface area contributed by atoms with E-state index in [1.54, 1.807) is 24.4 Å². The van der Waals surface area contributed by atoms with E-state index in [4.69, 9.17) is 4.74 Å². The highest BCUT2D eigenvalue weighted by molar-refractivity contribution is 9.10. The lowest BCUT2D eigenvalue weighted by Gasteiger charge is -2.23. The molecule has 2 unspecified atom stereocenters. The van der Waals surface area contributed by atoms with Gasteiger partial charge in [0.1, 0.15) is 17.7 Å². The van der Waals surface area contributed by atoms with Crippen molar-refractivity contribution < 1.29 is 18.6 Å². The van der Waals surface area contributed by atoms with E-state index in [-0.39, 0.29) is 16.3 Å². The molecule has 1 fully saturated rings. The van der Waals surface area contributed by atoms with Crippen LogP contribution in [0, 0.1) is 11.6 Å². The van der Waals surface area contributed by atoms with Crippen molar-refractivity contribution in [1.82, 2.24) is 9.78 Å². The lowest BCUT2D eigenvalue weighted by atomic mass is 9.99. The van der Waals surface area contributed by atoms with Gasteiger partial charge in [-0.3, -0.25) is 0 Å². The molecule has 2 aromatic carbocycles. The Bertz CT molecular complexity index is 931. The molecule has 2 atom stereocenters. The van der Waals surface area contributed by atoms with Crippen molar-refractivity contribution in [1.29, 1.82) is 0 Å². The maximum atomic E-state index is 14.1. The molecule has 0 saturated carbocycles. The van der Waals surface area contributed by atoms with Gasteiger partial charge in [-0.2, -0.15) is 5.10 Å². The van der Waals surface area contributed by atoms with E-state index in [0.717, 1.165) is 42.3 Å². The van der Waals surface area contributed by atoms with E-state index in [1.807, 2.05) is 4.68 Å². The quantitative estimate of drug-likeness (QED) is 0.655. The van der Waals surface area contributed by atoms with Gasteiger partial charge in [-0.15, -0.1) is 0 Å². The Kier molecular flexibility index (Phi) is 4.77. The van der Waals surface area contributed by atoms with Crippen LogP contribution in [0.15, 0.2) is 41.0 Å². The number of halogens is 3. The van der Waals surface area contributed by atoms with Crippen LogP contribution in [0.5, 0.6) is 0 Å². The molecule has 4 rings (SSSR count). The summed E-state index contributed by atoms with van der Waals surface area (Å²) in [7, 11) is 0. The third kappa shape index (κ3) is 3.15. The van der Waals surface area contributed by atoms with Gasteiger partial charge < -0.3 is 9.84 Å². The third-order valence-corrected chi connectivity index (χ3v) is 5.14. The van der Waals surface area contributed by atoms with Crippen LogP contribution in [0.2, 0.25) is 0 Å². The van der Waals surface area contributed by atoms with Crippen molar-refractivity contribution in [3.05, 3.63) is 63.8 Å². The first-order valence-corrected chi connectivity index (χ1v) is 9.25. The number of aromatic nitrogens is 2. The zero-order valence-corrected chi connectivity index (χ0v) is 15.4. The Labute approximate surface area is 157 Å².